The van der Waals surface area contributed by atoms with E-state index < -0.39 is 0 Å². The lowest BCUT2D eigenvalue weighted by molar-refractivity contribution is 0.860. The van der Waals surface area contributed by atoms with Crippen molar-refractivity contribution in [2.45, 2.75) is 32.6 Å². The van der Waals surface area contributed by atoms with Crippen LogP contribution in [0.2, 0.25) is 0 Å². The Balaban J connectivity index is 2.31. The van der Waals surface area contributed by atoms with Crippen molar-refractivity contribution in [3.05, 3.63) is 11.3 Å². The van der Waals surface area contributed by atoms with Crippen molar-refractivity contribution in [2.75, 3.05) is 5.73 Å². The molecule has 3 nitrogen and oxygen atoms in total. The van der Waals surface area contributed by atoms with Gasteiger partial charge in [-0.1, -0.05) is 13.8 Å². The molecule has 0 spiro atoms. The molecule has 2 rings (SSSR count). The molecule has 0 bridgehead atoms. The fourth-order valence-corrected chi connectivity index (χ4v) is 1.80. The number of hydrogen-bond donors (Lipinski definition) is 2. The van der Waals surface area contributed by atoms with Crippen LogP contribution >= 0.6 is 0 Å². The first-order valence-electron chi connectivity index (χ1n) is 4.56. The predicted octanol–water partition coefficient (Wildman–Crippen LogP) is 1.68. The van der Waals surface area contributed by atoms with E-state index in [2.05, 4.69) is 24.0 Å². The fourth-order valence-electron chi connectivity index (χ4n) is 1.80. The molecule has 12 heavy (non-hydrogen) atoms. The molecule has 0 saturated heterocycles. The highest BCUT2D eigenvalue weighted by atomic mass is 15.2. The monoisotopic (exact) mass is 165 g/mol. The van der Waals surface area contributed by atoms with Crippen LogP contribution in [0.5, 0.6) is 0 Å². The Bertz CT molecular complexity index is 290. The van der Waals surface area contributed by atoms with Crippen LogP contribution in [0.15, 0.2) is 0 Å². The average Bonchev–Trinajstić information content (AvgIpc) is 2.63. The van der Waals surface area contributed by atoms with Gasteiger partial charge in [-0.3, -0.25) is 5.10 Å². The molecule has 1 heterocycles. The summed E-state index contributed by atoms with van der Waals surface area (Å²) in [6.45, 7) is 4.39. The summed E-state index contributed by atoms with van der Waals surface area (Å²) >= 11 is 0. The van der Waals surface area contributed by atoms with Gasteiger partial charge in [0.1, 0.15) is 5.82 Å². The maximum Gasteiger partial charge on any atom is 0.148 e. The van der Waals surface area contributed by atoms with Crippen molar-refractivity contribution < 1.29 is 0 Å². The van der Waals surface area contributed by atoms with E-state index in [-0.39, 0.29) is 0 Å². The van der Waals surface area contributed by atoms with Crippen LogP contribution in [-0.4, -0.2) is 10.2 Å². The first-order chi connectivity index (χ1) is 5.74. The highest BCUT2D eigenvalue weighted by Crippen LogP contribution is 2.47. The third-order valence-corrected chi connectivity index (χ3v) is 2.76. The van der Waals surface area contributed by atoms with E-state index in [1.165, 1.54) is 17.7 Å². The highest BCUT2D eigenvalue weighted by molar-refractivity contribution is 5.44. The number of H-pyrrole nitrogens is 1. The molecular weight excluding hydrogens is 150 g/mol. The van der Waals surface area contributed by atoms with E-state index in [1.807, 2.05) is 0 Å². The first kappa shape index (κ1) is 7.65. The molecule has 1 saturated carbocycles. The summed E-state index contributed by atoms with van der Waals surface area (Å²) in [5, 5.41) is 7.08. The van der Waals surface area contributed by atoms with Crippen LogP contribution in [0.25, 0.3) is 0 Å². The second kappa shape index (κ2) is 2.51. The standard InChI is InChI=1S/C9H15N3/c1-3-6-8(7-4-5(7)2)11-12-9(6)10/h5,7H,3-4H2,1-2H3,(H3,10,11,12). The third-order valence-electron chi connectivity index (χ3n) is 2.76. The fraction of sp³-hybridized carbons (Fsp3) is 0.667. The predicted molar refractivity (Wildman–Crippen MR) is 48.9 cm³/mol. The maximum absolute atomic E-state index is 5.72. The summed E-state index contributed by atoms with van der Waals surface area (Å²) in [6, 6.07) is 0. The number of nitrogens with two attached hydrogens (primary N) is 1. The van der Waals surface area contributed by atoms with Gasteiger partial charge in [0.25, 0.3) is 0 Å². The Kier molecular flexibility index (Phi) is 1.60. The van der Waals surface area contributed by atoms with Crippen LogP contribution in [0.1, 0.15) is 37.4 Å². The lowest BCUT2D eigenvalue weighted by Crippen LogP contribution is -1.92. The van der Waals surface area contributed by atoms with Gasteiger partial charge in [0.05, 0.1) is 0 Å². The maximum atomic E-state index is 5.72. The quantitative estimate of drug-likeness (QED) is 0.700. The topological polar surface area (TPSA) is 54.7 Å². The number of aromatic nitrogens is 2. The molecule has 3 heteroatoms. The van der Waals surface area contributed by atoms with Crippen LogP contribution < -0.4 is 5.73 Å². The molecule has 66 valence electrons. The molecule has 1 fully saturated rings. The van der Waals surface area contributed by atoms with Crippen molar-refractivity contribution in [3.8, 4) is 0 Å². The van der Waals surface area contributed by atoms with Crippen LogP contribution in [-0.2, 0) is 6.42 Å². The normalized spacial score (nSPS) is 27.5. The molecule has 1 aliphatic carbocycles. The van der Waals surface area contributed by atoms with Gasteiger partial charge in [-0.05, 0) is 18.8 Å². The number of anilines is 1. The number of aromatic amines is 1. The summed E-state index contributed by atoms with van der Waals surface area (Å²) in [5.41, 5.74) is 8.23. The largest absolute Gasteiger partial charge is 0.382 e. The number of nitrogens with one attached hydrogen (secondary N) is 1. The molecule has 2 atom stereocenters. The summed E-state index contributed by atoms with van der Waals surface area (Å²) in [6.07, 6.45) is 2.27. The Morgan fingerprint density at radius 3 is 2.83 bits per heavy atom. The number of hydrogen-bond acceptors (Lipinski definition) is 2. The summed E-state index contributed by atoms with van der Waals surface area (Å²) < 4.78 is 0. The Labute approximate surface area is 72.4 Å². The van der Waals surface area contributed by atoms with Crippen molar-refractivity contribution >= 4 is 5.82 Å². The van der Waals surface area contributed by atoms with E-state index in [9.17, 15) is 0 Å². The lowest BCUT2D eigenvalue weighted by atomic mass is 10.1. The van der Waals surface area contributed by atoms with Gasteiger partial charge in [-0.2, -0.15) is 5.10 Å². The lowest BCUT2D eigenvalue weighted by Gasteiger charge is -1.97. The minimum Gasteiger partial charge on any atom is -0.382 e. The van der Waals surface area contributed by atoms with Gasteiger partial charge < -0.3 is 5.73 Å². The molecule has 0 aromatic carbocycles. The van der Waals surface area contributed by atoms with Crippen molar-refractivity contribution in [1.82, 2.24) is 10.2 Å². The molecule has 0 aliphatic heterocycles. The van der Waals surface area contributed by atoms with E-state index in [1.54, 1.807) is 0 Å². The smallest absolute Gasteiger partial charge is 0.148 e. The zero-order chi connectivity index (χ0) is 8.72. The molecule has 2 unspecified atom stereocenters. The zero-order valence-electron chi connectivity index (χ0n) is 7.59. The SMILES string of the molecule is CCc1c(N)n[nH]c1C1CC1C. The molecule has 1 aliphatic rings. The van der Waals surface area contributed by atoms with Gasteiger partial charge in [-0.15, -0.1) is 0 Å². The molecule has 3 N–H and O–H groups in total. The second-order valence-corrected chi connectivity index (χ2v) is 3.67. The van der Waals surface area contributed by atoms with E-state index in [0.717, 1.165) is 12.3 Å². The van der Waals surface area contributed by atoms with E-state index in [4.69, 9.17) is 5.73 Å². The van der Waals surface area contributed by atoms with Gasteiger partial charge in [0.2, 0.25) is 0 Å². The average molecular weight is 165 g/mol. The van der Waals surface area contributed by atoms with E-state index >= 15 is 0 Å². The zero-order valence-corrected chi connectivity index (χ0v) is 7.59. The van der Waals surface area contributed by atoms with Crippen molar-refractivity contribution in [1.29, 1.82) is 0 Å². The summed E-state index contributed by atoms with van der Waals surface area (Å²) in [4.78, 5) is 0. The molecule has 1 aromatic rings. The van der Waals surface area contributed by atoms with E-state index in [0.29, 0.717) is 11.7 Å². The van der Waals surface area contributed by atoms with Crippen LogP contribution in [0.4, 0.5) is 5.82 Å². The Hall–Kier alpha value is -0.990. The van der Waals surface area contributed by atoms with Gasteiger partial charge in [0.15, 0.2) is 0 Å². The van der Waals surface area contributed by atoms with Crippen molar-refractivity contribution in [2.24, 2.45) is 5.92 Å². The Morgan fingerprint density at radius 1 is 1.67 bits per heavy atom. The molecule has 0 radical (unpaired) electrons. The minimum absolute atomic E-state index is 0.687. The second-order valence-electron chi connectivity index (χ2n) is 3.67. The van der Waals surface area contributed by atoms with Gasteiger partial charge in [-0.25, -0.2) is 0 Å². The van der Waals surface area contributed by atoms with Gasteiger partial charge >= 0.3 is 0 Å². The van der Waals surface area contributed by atoms with Crippen molar-refractivity contribution in [3.63, 3.8) is 0 Å². The molecule has 1 aromatic heterocycles. The highest BCUT2D eigenvalue weighted by Gasteiger charge is 2.37. The third kappa shape index (κ3) is 1.00. The molecule has 0 amide bonds. The van der Waals surface area contributed by atoms with Gasteiger partial charge in [0, 0.05) is 17.2 Å². The summed E-state index contributed by atoms with van der Waals surface area (Å²) in [7, 11) is 0. The number of nitrogens with zero attached hydrogens (tertiary/aromatic N) is 1. The van der Waals surface area contributed by atoms with Crippen LogP contribution in [0, 0.1) is 5.92 Å². The first-order valence-corrected chi connectivity index (χ1v) is 4.56. The summed E-state index contributed by atoms with van der Waals surface area (Å²) in [5.74, 6) is 2.20. The number of nitrogen functional groups attached to an aromatic ring is 1. The van der Waals surface area contributed by atoms with Crippen LogP contribution in [0.3, 0.4) is 0 Å². The number of rotatable bonds is 2. The molecular formula is C9H15N3. The Morgan fingerprint density at radius 2 is 2.33 bits per heavy atom. The minimum atomic E-state index is 0.687.